The minimum absolute atomic E-state index is 0.0303. The van der Waals surface area contributed by atoms with E-state index in [2.05, 4.69) is 31.2 Å². The molecule has 0 saturated heterocycles. The highest BCUT2D eigenvalue weighted by molar-refractivity contribution is 9.10. The molecule has 0 saturated carbocycles. The van der Waals surface area contributed by atoms with Gasteiger partial charge < -0.3 is 5.32 Å². The van der Waals surface area contributed by atoms with Crippen molar-refractivity contribution in [3.63, 3.8) is 0 Å². The number of nitro benzene ring substituents is 1. The fourth-order valence-corrected chi connectivity index (χ4v) is 1.77. The maximum Gasteiger partial charge on any atom is 0.285 e. The predicted octanol–water partition coefficient (Wildman–Crippen LogP) is 2.76. The number of nitrogens with one attached hydrogen (secondary N) is 1. The molecule has 6 nitrogen and oxygen atoms in total. The first kappa shape index (κ1) is 12.4. The van der Waals surface area contributed by atoms with Crippen molar-refractivity contribution in [3.05, 3.63) is 57.1 Å². The molecule has 18 heavy (non-hydrogen) atoms. The second-order valence-electron chi connectivity index (χ2n) is 3.48. The van der Waals surface area contributed by atoms with Crippen LogP contribution in [-0.2, 0) is 6.54 Å². The lowest BCUT2D eigenvalue weighted by atomic mass is 10.2. The second-order valence-corrected chi connectivity index (χ2v) is 4.33. The van der Waals surface area contributed by atoms with E-state index in [-0.39, 0.29) is 5.69 Å². The summed E-state index contributed by atoms with van der Waals surface area (Å²) in [5.41, 5.74) is 1.52. The largest absolute Gasteiger partial charge is 0.379 e. The van der Waals surface area contributed by atoms with Gasteiger partial charge in [0.2, 0.25) is 0 Å². The van der Waals surface area contributed by atoms with Crippen molar-refractivity contribution in [3.8, 4) is 0 Å². The Bertz CT molecular complexity index is 562. The van der Waals surface area contributed by atoms with Gasteiger partial charge in [-0.3, -0.25) is 10.1 Å². The molecule has 0 fully saturated rings. The zero-order chi connectivity index (χ0) is 13.0. The molecule has 0 aliphatic carbocycles. The van der Waals surface area contributed by atoms with Crippen molar-refractivity contribution < 1.29 is 4.92 Å². The summed E-state index contributed by atoms with van der Waals surface area (Å²) in [6, 6.07) is 6.66. The molecule has 1 N–H and O–H groups in total. The van der Waals surface area contributed by atoms with E-state index in [0.717, 1.165) is 5.69 Å². The molecule has 1 aromatic carbocycles. The molecule has 7 heteroatoms. The van der Waals surface area contributed by atoms with Gasteiger partial charge in [-0.15, -0.1) is 0 Å². The van der Waals surface area contributed by atoms with E-state index in [9.17, 15) is 10.1 Å². The molecule has 0 aliphatic heterocycles. The van der Waals surface area contributed by atoms with Crippen LogP contribution in [0.15, 0.2) is 41.3 Å². The van der Waals surface area contributed by atoms with Gasteiger partial charge >= 0.3 is 0 Å². The fraction of sp³-hybridized carbons (Fsp3) is 0.0909. The van der Waals surface area contributed by atoms with E-state index in [1.165, 1.54) is 12.4 Å². The SMILES string of the molecule is O=[N+]([O-])c1cc(NCc2ccncn2)ccc1Br. The standard InChI is InChI=1S/C11H9BrN4O2/c12-10-2-1-8(5-11(10)16(17)18)14-6-9-3-4-13-7-15-9/h1-5,7,14H,6H2. The van der Waals surface area contributed by atoms with E-state index < -0.39 is 4.92 Å². The van der Waals surface area contributed by atoms with E-state index in [4.69, 9.17) is 0 Å². The van der Waals surface area contributed by atoms with Crippen LogP contribution in [0.1, 0.15) is 5.69 Å². The van der Waals surface area contributed by atoms with Crippen LogP contribution in [0, 0.1) is 10.1 Å². The van der Waals surface area contributed by atoms with Crippen molar-refractivity contribution in [2.24, 2.45) is 0 Å². The van der Waals surface area contributed by atoms with Gasteiger partial charge in [0.05, 0.1) is 21.6 Å². The van der Waals surface area contributed by atoms with Crippen molar-refractivity contribution in [2.75, 3.05) is 5.32 Å². The van der Waals surface area contributed by atoms with Crippen molar-refractivity contribution in [1.29, 1.82) is 0 Å². The number of benzene rings is 1. The molecule has 2 rings (SSSR count). The number of anilines is 1. The Balaban J connectivity index is 2.11. The monoisotopic (exact) mass is 308 g/mol. The lowest BCUT2D eigenvalue weighted by molar-refractivity contribution is -0.385. The van der Waals surface area contributed by atoms with Crippen molar-refractivity contribution >= 4 is 27.3 Å². The quantitative estimate of drug-likeness (QED) is 0.694. The molecule has 0 spiro atoms. The van der Waals surface area contributed by atoms with E-state index >= 15 is 0 Å². The van der Waals surface area contributed by atoms with E-state index in [1.807, 2.05) is 0 Å². The number of nitrogens with zero attached hydrogens (tertiary/aromatic N) is 3. The number of aromatic nitrogens is 2. The van der Waals surface area contributed by atoms with E-state index in [0.29, 0.717) is 16.7 Å². The van der Waals surface area contributed by atoms with Gasteiger partial charge in [0.15, 0.2) is 0 Å². The topological polar surface area (TPSA) is 81.0 Å². The third-order valence-corrected chi connectivity index (χ3v) is 2.93. The Labute approximate surface area is 111 Å². The summed E-state index contributed by atoms with van der Waals surface area (Å²) in [4.78, 5) is 18.2. The molecule has 0 aliphatic rings. The predicted molar refractivity (Wildman–Crippen MR) is 70.2 cm³/mol. The summed E-state index contributed by atoms with van der Waals surface area (Å²) in [7, 11) is 0. The summed E-state index contributed by atoms with van der Waals surface area (Å²) in [5.74, 6) is 0. The Hall–Kier alpha value is -2.02. The highest BCUT2D eigenvalue weighted by Crippen LogP contribution is 2.27. The molecule has 0 unspecified atom stereocenters. The Kier molecular flexibility index (Phi) is 3.83. The Morgan fingerprint density at radius 1 is 1.39 bits per heavy atom. The lowest BCUT2D eigenvalue weighted by Gasteiger charge is -2.06. The number of hydrogen-bond donors (Lipinski definition) is 1. The van der Waals surface area contributed by atoms with Gasteiger partial charge in [-0.1, -0.05) is 0 Å². The number of halogens is 1. The Morgan fingerprint density at radius 3 is 2.89 bits per heavy atom. The van der Waals surface area contributed by atoms with Crippen LogP contribution in [0.3, 0.4) is 0 Å². The summed E-state index contributed by atoms with van der Waals surface area (Å²) in [6.07, 6.45) is 3.11. The van der Waals surface area contributed by atoms with Crippen molar-refractivity contribution in [2.45, 2.75) is 6.54 Å². The molecular formula is C11H9BrN4O2. The smallest absolute Gasteiger partial charge is 0.285 e. The summed E-state index contributed by atoms with van der Waals surface area (Å²) >= 11 is 3.14. The molecule has 0 bridgehead atoms. The third kappa shape index (κ3) is 3.01. The second kappa shape index (κ2) is 5.54. The third-order valence-electron chi connectivity index (χ3n) is 2.26. The number of rotatable bonds is 4. The van der Waals surface area contributed by atoms with Crippen LogP contribution in [0.25, 0.3) is 0 Å². The average molecular weight is 309 g/mol. The average Bonchev–Trinajstić information content (AvgIpc) is 2.38. The number of nitro groups is 1. The van der Waals surface area contributed by atoms with Crippen LogP contribution in [0.2, 0.25) is 0 Å². The maximum absolute atomic E-state index is 10.8. The minimum atomic E-state index is -0.431. The zero-order valence-corrected chi connectivity index (χ0v) is 10.8. The normalized spacial score (nSPS) is 10.1. The summed E-state index contributed by atoms with van der Waals surface area (Å²) in [5, 5.41) is 13.8. The molecule has 2 aromatic rings. The number of hydrogen-bond acceptors (Lipinski definition) is 5. The molecule has 0 amide bonds. The molecule has 1 aromatic heterocycles. The van der Waals surface area contributed by atoms with Gasteiger partial charge in [-0.05, 0) is 34.1 Å². The highest BCUT2D eigenvalue weighted by Gasteiger charge is 2.11. The van der Waals surface area contributed by atoms with Gasteiger partial charge in [-0.2, -0.15) is 0 Å². The first-order valence-corrected chi connectivity index (χ1v) is 5.89. The molecule has 0 radical (unpaired) electrons. The fourth-order valence-electron chi connectivity index (χ4n) is 1.38. The van der Waals surface area contributed by atoms with Gasteiger partial charge in [0.1, 0.15) is 6.33 Å². The maximum atomic E-state index is 10.8. The van der Waals surface area contributed by atoms with Crippen LogP contribution in [0.5, 0.6) is 0 Å². The van der Waals surface area contributed by atoms with Gasteiger partial charge in [0, 0.05) is 18.0 Å². The van der Waals surface area contributed by atoms with Crippen molar-refractivity contribution in [1.82, 2.24) is 9.97 Å². The van der Waals surface area contributed by atoms with Gasteiger partial charge in [0.25, 0.3) is 5.69 Å². The van der Waals surface area contributed by atoms with Crippen LogP contribution in [-0.4, -0.2) is 14.9 Å². The first-order valence-electron chi connectivity index (χ1n) is 5.09. The lowest BCUT2D eigenvalue weighted by Crippen LogP contribution is -2.02. The molecule has 0 atom stereocenters. The minimum Gasteiger partial charge on any atom is -0.379 e. The van der Waals surface area contributed by atoms with E-state index in [1.54, 1.807) is 24.4 Å². The molecule has 1 heterocycles. The highest BCUT2D eigenvalue weighted by atomic mass is 79.9. The zero-order valence-electron chi connectivity index (χ0n) is 9.21. The van der Waals surface area contributed by atoms with Crippen LogP contribution >= 0.6 is 15.9 Å². The van der Waals surface area contributed by atoms with Gasteiger partial charge in [-0.25, -0.2) is 9.97 Å². The first-order chi connectivity index (χ1) is 8.66. The molecular weight excluding hydrogens is 300 g/mol. The van der Waals surface area contributed by atoms with Crippen LogP contribution in [0.4, 0.5) is 11.4 Å². The summed E-state index contributed by atoms with van der Waals surface area (Å²) in [6.45, 7) is 0.487. The van der Waals surface area contributed by atoms with Crippen LogP contribution < -0.4 is 5.32 Å². The molecule has 92 valence electrons. The summed E-state index contributed by atoms with van der Waals surface area (Å²) < 4.78 is 0.458. The Morgan fingerprint density at radius 2 is 2.22 bits per heavy atom.